The molecule has 0 aliphatic heterocycles. The molecule has 0 aromatic heterocycles. The van der Waals surface area contributed by atoms with Gasteiger partial charge in [-0.25, -0.2) is 4.39 Å². The Hall–Kier alpha value is -1.62. The molecule has 0 bridgehead atoms. The normalized spacial score (nSPS) is 10.8. The predicted octanol–water partition coefficient (Wildman–Crippen LogP) is 5.06. The predicted molar refractivity (Wildman–Crippen MR) is 76.8 cm³/mol. The maximum absolute atomic E-state index is 13.2. The third-order valence-electron chi connectivity index (χ3n) is 2.81. The molecule has 0 atom stereocenters. The first kappa shape index (κ1) is 14.8. The lowest BCUT2D eigenvalue weighted by Crippen LogP contribution is -2.01. The van der Waals surface area contributed by atoms with Gasteiger partial charge in [0.1, 0.15) is 5.82 Å². The minimum atomic E-state index is -2.45. The summed E-state index contributed by atoms with van der Waals surface area (Å²) in [6, 6.07) is 11.7. The Morgan fingerprint density at radius 3 is 2.60 bits per heavy atom. The highest BCUT2D eigenvalue weighted by Gasteiger charge is 2.09. The van der Waals surface area contributed by atoms with Gasteiger partial charge in [-0.1, -0.05) is 36.0 Å². The molecule has 106 valence electrons. The van der Waals surface area contributed by atoms with Crippen LogP contribution in [0.1, 0.15) is 11.1 Å². The van der Waals surface area contributed by atoms with Crippen molar-refractivity contribution < 1.29 is 13.2 Å². The number of thioether (sulfide) groups is 1. The van der Waals surface area contributed by atoms with Gasteiger partial charge in [-0.15, -0.1) is 0 Å². The highest BCUT2D eigenvalue weighted by atomic mass is 32.2. The Labute approximate surface area is 120 Å². The number of para-hydroxylation sites is 1. The topological polar surface area (TPSA) is 12.0 Å². The first-order chi connectivity index (χ1) is 9.56. The van der Waals surface area contributed by atoms with Crippen LogP contribution in [0.15, 0.2) is 47.4 Å². The van der Waals surface area contributed by atoms with Crippen molar-refractivity contribution in [1.29, 1.82) is 0 Å². The third-order valence-corrected chi connectivity index (χ3v) is 3.60. The molecule has 1 N–H and O–H groups in total. The highest BCUT2D eigenvalue weighted by Crippen LogP contribution is 2.31. The molecule has 2 aromatic carbocycles. The second kappa shape index (κ2) is 6.70. The van der Waals surface area contributed by atoms with Crippen LogP contribution in [0.3, 0.4) is 0 Å². The summed E-state index contributed by atoms with van der Waals surface area (Å²) in [5.41, 5.74) is 2.13. The van der Waals surface area contributed by atoms with E-state index in [0.717, 1.165) is 5.56 Å². The number of nitrogens with one attached hydrogen (secondary N) is 1. The summed E-state index contributed by atoms with van der Waals surface area (Å²) in [5, 5.41) is 3.10. The average Bonchev–Trinajstić information content (AvgIpc) is 2.41. The molecule has 0 amide bonds. The summed E-state index contributed by atoms with van der Waals surface area (Å²) < 4.78 is 38.1. The minimum absolute atomic E-state index is 0.248. The van der Waals surface area contributed by atoms with Crippen LogP contribution in [0.2, 0.25) is 0 Å². The van der Waals surface area contributed by atoms with E-state index in [1.807, 2.05) is 0 Å². The molecule has 0 heterocycles. The molecule has 0 saturated heterocycles. The van der Waals surface area contributed by atoms with Gasteiger partial charge in [0.25, 0.3) is 5.76 Å². The van der Waals surface area contributed by atoms with Gasteiger partial charge in [-0.2, -0.15) is 8.78 Å². The SMILES string of the molecule is Cc1cc(CNc2ccccc2SC(F)F)ccc1F. The van der Waals surface area contributed by atoms with Gasteiger partial charge in [-0.05, 0) is 36.2 Å². The zero-order chi connectivity index (χ0) is 14.5. The van der Waals surface area contributed by atoms with E-state index in [4.69, 9.17) is 0 Å². The molecule has 2 aromatic rings. The number of halogens is 3. The lowest BCUT2D eigenvalue weighted by atomic mass is 10.1. The van der Waals surface area contributed by atoms with E-state index in [9.17, 15) is 13.2 Å². The third kappa shape index (κ3) is 3.93. The van der Waals surface area contributed by atoms with Crippen LogP contribution in [-0.2, 0) is 6.54 Å². The van der Waals surface area contributed by atoms with E-state index in [2.05, 4.69) is 5.32 Å². The summed E-state index contributed by atoms with van der Waals surface area (Å²) in [7, 11) is 0. The average molecular weight is 297 g/mol. The maximum atomic E-state index is 13.2. The maximum Gasteiger partial charge on any atom is 0.288 e. The van der Waals surface area contributed by atoms with Crippen molar-refractivity contribution >= 4 is 17.4 Å². The Kier molecular flexibility index (Phi) is 4.95. The minimum Gasteiger partial charge on any atom is -0.380 e. The second-order valence-corrected chi connectivity index (χ2v) is 5.34. The standard InChI is InChI=1S/C15H14F3NS/c1-10-8-11(6-7-12(10)16)9-19-13-4-2-3-5-14(13)20-15(17)18/h2-8,15,19H,9H2,1H3. The molecule has 0 radical (unpaired) electrons. The molecule has 0 aliphatic carbocycles. The molecule has 0 unspecified atom stereocenters. The van der Waals surface area contributed by atoms with Crippen LogP contribution in [0.25, 0.3) is 0 Å². The van der Waals surface area contributed by atoms with Crippen molar-refractivity contribution in [2.24, 2.45) is 0 Å². The van der Waals surface area contributed by atoms with Crippen LogP contribution in [0, 0.1) is 12.7 Å². The second-order valence-electron chi connectivity index (χ2n) is 4.31. The Balaban J connectivity index is 2.08. The van der Waals surface area contributed by atoms with Crippen molar-refractivity contribution in [2.75, 3.05) is 5.32 Å². The molecular weight excluding hydrogens is 283 g/mol. The van der Waals surface area contributed by atoms with Gasteiger partial charge in [0.05, 0.1) is 0 Å². The summed E-state index contributed by atoms with van der Waals surface area (Å²) in [6.45, 7) is 2.15. The summed E-state index contributed by atoms with van der Waals surface area (Å²) in [6.07, 6.45) is 0. The fraction of sp³-hybridized carbons (Fsp3) is 0.200. The first-order valence-electron chi connectivity index (χ1n) is 6.09. The van der Waals surface area contributed by atoms with Crippen LogP contribution in [0.5, 0.6) is 0 Å². The Morgan fingerprint density at radius 2 is 1.90 bits per heavy atom. The quantitative estimate of drug-likeness (QED) is 0.774. The largest absolute Gasteiger partial charge is 0.380 e. The van der Waals surface area contributed by atoms with Gasteiger partial charge in [-0.3, -0.25) is 0 Å². The molecule has 2 rings (SSSR count). The van der Waals surface area contributed by atoms with E-state index in [-0.39, 0.29) is 5.82 Å². The van der Waals surface area contributed by atoms with Gasteiger partial charge in [0.15, 0.2) is 0 Å². The number of aryl methyl sites for hydroxylation is 1. The zero-order valence-electron chi connectivity index (χ0n) is 10.9. The number of hydrogen-bond acceptors (Lipinski definition) is 2. The molecule has 0 aliphatic rings. The van der Waals surface area contributed by atoms with Crippen molar-refractivity contribution in [3.05, 3.63) is 59.4 Å². The van der Waals surface area contributed by atoms with E-state index >= 15 is 0 Å². The van der Waals surface area contributed by atoms with Gasteiger partial charge in [0, 0.05) is 17.1 Å². The van der Waals surface area contributed by atoms with Crippen LogP contribution < -0.4 is 5.32 Å². The highest BCUT2D eigenvalue weighted by molar-refractivity contribution is 7.99. The molecular formula is C15H14F3NS. The van der Waals surface area contributed by atoms with Crippen molar-refractivity contribution in [3.8, 4) is 0 Å². The zero-order valence-corrected chi connectivity index (χ0v) is 11.7. The molecule has 5 heteroatoms. The van der Waals surface area contributed by atoms with Crippen molar-refractivity contribution in [2.45, 2.75) is 24.1 Å². The van der Waals surface area contributed by atoms with E-state index in [0.29, 0.717) is 34.5 Å². The molecule has 0 spiro atoms. The lowest BCUT2D eigenvalue weighted by Gasteiger charge is -2.12. The molecule has 1 nitrogen and oxygen atoms in total. The lowest BCUT2D eigenvalue weighted by molar-refractivity contribution is 0.252. The Bertz CT molecular complexity index is 587. The fourth-order valence-corrected chi connectivity index (χ4v) is 2.44. The number of benzene rings is 2. The molecule has 0 fully saturated rings. The van der Waals surface area contributed by atoms with E-state index in [1.54, 1.807) is 43.3 Å². The Morgan fingerprint density at radius 1 is 1.15 bits per heavy atom. The van der Waals surface area contributed by atoms with Gasteiger partial charge in [0.2, 0.25) is 0 Å². The monoisotopic (exact) mass is 297 g/mol. The fourth-order valence-electron chi connectivity index (χ4n) is 1.83. The van der Waals surface area contributed by atoms with E-state index in [1.165, 1.54) is 6.07 Å². The van der Waals surface area contributed by atoms with E-state index < -0.39 is 5.76 Å². The van der Waals surface area contributed by atoms with Crippen molar-refractivity contribution in [3.63, 3.8) is 0 Å². The summed E-state index contributed by atoms with van der Waals surface area (Å²) in [4.78, 5) is 0.501. The smallest absolute Gasteiger partial charge is 0.288 e. The van der Waals surface area contributed by atoms with Crippen molar-refractivity contribution in [1.82, 2.24) is 0 Å². The van der Waals surface area contributed by atoms with Gasteiger partial charge < -0.3 is 5.32 Å². The number of hydrogen-bond donors (Lipinski definition) is 1. The molecule has 0 saturated carbocycles. The van der Waals surface area contributed by atoms with Gasteiger partial charge >= 0.3 is 0 Å². The number of alkyl halides is 2. The van der Waals surface area contributed by atoms with Crippen LogP contribution in [-0.4, -0.2) is 5.76 Å². The number of rotatable bonds is 5. The molecule has 20 heavy (non-hydrogen) atoms. The summed E-state index contributed by atoms with van der Waals surface area (Å²) in [5.74, 6) is -2.70. The van der Waals surface area contributed by atoms with Crippen LogP contribution in [0.4, 0.5) is 18.9 Å². The first-order valence-corrected chi connectivity index (χ1v) is 6.97. The summed E-state index contributed by atoms with van der Waals surface area (Å²) >= 11 is 0.510. The number of anilines is 1. The van der Waals surface area contributed by atoms with Crippen LogP contribution >= 0.6 is 11.8 Å².